The Bertz CT molecular complexity index is 430. The second-order valence-corrected chi connectivity index (χ2v) is 5.49. The Balaban J connectivity index is 2.08. The van der Waals surface area contributed by atoms with E-state index in [4.69, 9.17) is 9.47 Å². The lowest BCUT2D eigenvalue weighted by Crippen LogP contribution is -2.49. The van der Waals surface area contributed by atoms with E-state index in [-0.39, 0.29) is 5.78 Å². The summed E-state index contributed by atoms with van der Waals surface area (Å²) >= 11 is 1.60. The predicted molar refractivity (Wildman–Crippen MR) is 72.4 cm³/mol. The summed E-state index contributed by atoms with van der Waals surface area (Å²) in [6, 6.07) is 7.44. The zero-order chi connectivity index (χ0) is 13.0. The Labute approximate surface area is 111 Å². The maximum atomic E-state index is 11.7. The van der Waals surface area contributed by atoms with Gasteiger partial charge in [-0.2, -0.15) is 0 Å². The number of carbonyl (C=O) groups excluding carboxylic acids is 1. The molecule has 0 spiro atoms. The van der Waals surface area contributed by atoms with Gasteiger partial charge in [-0.1, -0.05) is 12.1 Å². The van der Waals surface area contributed by atoms with Crippen molar-refractivity contribution in [1.29, 1.82) is 0 Å². The summed E-state index contributed by atoms with van der Waals surface area (Å²) in [5.41, 5.74) is 0. The molecule has 1 fully saturated rings. The number of thioether (sulfide) groups is 1. The lowest BCUT2D eigenvalue weighted by molar-refractivity contribution is -0.120. The average Bonchev–Trinajstić information content (AvgIpc) is 2.87. The molecule has 18 heavy (non-hydrogen) atoms. The van der Waals surface area contributed by atoms with Crippen molar-refractivity contribution in [1.82, 2.24) is 5.32 Å². The van der Waals surface area contributed by atoms with Crippen LogP contribution in [0.25, 0.3) is 0 Å². The summed E-state index contributed by atoms with van der Waals surface area (Å²) in [4.78, 5) is 11.1. The molecule has 2 rings (SSSR count). The first-order valence-electron chi connectivity index (χ1n) is 5.84. The van der Waals surface area contributed by atoms with Gasteiger partial charge in [0.1, 0.15) is 6.61 Å². The number of para-hydroxylation sites is 2. The van der Waals surface area contributed by atoms with Crippen LogP contribution in [0.5, 0.6) is 11.5 Å². The Hall–Kier alpha value is -1.20. The summed E-state index contributed by atoms with van der Waals surface area (Å²) in [6.45, 7) is 2.74. The average molecular weight is 267 g/mol. The molecule has 4 nitrogen and oxygen atoms in total. The Kier molecular flexibility index (Phi) is 4.14. The van der Waals surface area contributed by atoms with Crippen molar-refractivity contribution in [3.05, 3.63) is 24.3 Å². The van der Waals surface area contributed by atoms with Crippen molar-refractivity contribution in [2.24, 2.45) is 0 Å². The standard InChI is InChI=1S/C13H17NO3S/c1-10(15)13(14-7-8-18-13)9-17-12-6-4-3-5-11(12)16-2/h3-6,14H,7-9H2,1-2H3. The zero-order valence-corrected chi connectivity index (χ0v) is 11.4. The van der Waals surface area contributed by atoms with Crippen molar-refractivity contribution in [2.45, 2.75) is 11.8 Å². The highest BCUT2D eigenvalue weighted by atomic mass is 32.2. The molecular formula is C13H17NO3S. The van der Waals surface area contributed by atoms with Gasteiger partial charge in [-0.05, 0) is 19.1 Å². The molecule has 1 N–H and O–H groups in total. The minimum atomic E-state index is -0.610. The molecule has 1 heterocycles. The van der Waals surface area contributed by atoms with Crippen molar-refractivity contribution >= 4 is 17.5 Å². The summed E-state index contributed by atoms with van der Waals surface area (Å²) < 4.78 is 11.0. The van der Waals surface area contributed by atoms with Gasteiger partial charge in [0.15, 0.2) is 22.2 Å². The van der Waals surface area contributed by atoms with E-state index in [1.165, 1.54) is 0 Å². The van der Waals surface area contributed by atoms with Gasteiger partial charge >= 0.3 is 0 Å². The molecule has 1 aliphatic heterocycles. The molecule has 98 valence electrons. The fourth-order valence-electron chi connectivity index (χ4n) is 1.87. The monoisotopic (exact) mass is 267 g/mol. The van der Waals surface area contributed by atoms with Crippen molar-refractivity contribution in [3.63, 3.8) is 0 Å². The highest BCUT2D eigenvalue weighted by Gasteiger charge is 2.40. The molecule has 0 amide bonds. The van der Waals surface area contributed by atoms with Crippen LogP contribution in [0.2, 0.25) is 0 Å². The summed E-state index contributed by atoms with van der Waals surface area (Å²) in [5, 5.41) is 3.22. The number of benzene rings is 1. The molecule has 1 saturated heterocycles. The second kappa shape index (κ2) is 5.63. The van der Waals surface area contributed by atoms with E-state index in [1.807, 2.05) is 24.3 Å². The number of Topliss-reactive ketones (excluding diaryl/α,β-unsaturated/α-hetero) is 1. The number of nitrogens with one attached hydrogen (secondary N) is 1. The molecule has 0 saturated carbocycles. The topological polar surface area (TPSA) is 47.6 Å². The van der Waals surface area contributed by atoms with Crippen LogP contribution in [0.15, 0.2) is 24.3 Å². The van der Waals surface area contributed by atoms with Crippen LogP contribution in [0.4, 0.5) is 0 Å². The fraction of sp³-hybridized carbons (Fsp3) is 0.462. The van der Waals surface area contributed by atoms with Gasteiger partial charge in [0.05, 0.1) is 7.11 Å². The molecule has 1 aliphatic rings. The van der Waals surface area contributed by atoms with Crippen LogP contribution in [-0.4, -0.2) is 36.7 Å². The fourth-order valence-corrected chi connectivity index (χ4v) is 2.97. The number of methoxy groups -OCH3 is 1. The third kappa shape index (κ3) is 2.62. The molecule has 1 aromatic rings. The Morgan fingerprint density at radius 2 is 2.17 bits per heavy atom. The van der Waals surface area contributed by atoms with Crippen molar-refractivity contribution < 1.29 is 14.3 Å². The van der Waals surface area contributed by atoms with Gasteiger partial charge in [0.2, 0.25) is 0 Å². The van der Waals surface area contributed by atoms with E-state index >= 15 is 0 Å². The lowest BCUT2D eigenvalue weighted by atomic mass is 10.2. The zero-order valence-electron chi connectivity index (χ0n) is 10.6. The lowest BCUT2D eigenvalue weighted by Gasteiger charge is -2.25. The Morgan fingerprint density at radius 1 is 1.44 bits per heavy atom. The van der Waals surface area contributed by atoms with Crippen LogP contribution in [0.3, 0.4) is 0 Å². The largest absolute Gasteiger partial charge is 0.493 e. The SMILES string of the molecule is COc1ccccc1OCC1(C(C)=O)NCCS1. The first-order valence-corrected chi connectivity index (χ1v) is 6.82. The summed E-state index contributed by atoms with van der Waals surface area (Å²) in [6.07, 6.45) is 0. The van der Waals surface area contributed by atoms with Crippen LogP contribution >= 0.6 is 11.8 Å². The van der Waals surface area contributed by atoms with E-state index in [9.17, 15) is 4.79 Å². The van der Waals surface area contributed by atoms with Gasteiger partial charge in [-0.3, -0.25) is 10.1 Å². The van der Waals surface area contributed by atoms with E-state index in [0.717, 1.165) is 12.3 Å². The number of rotatable bonds is 5. The molecule has 1 atom stereocenters. The maximum Gasteiger partial charge on any atom is 0.163 e. The van der Waals surface area contributed by atoms with Gasteiger partial charge in [0.25, 0.3) is 0 Å². The second-order valence-electron chi connectivity index (χ2n) is 4.10. The number of ketones is 1. The van der Waals surface area contributed by atoms with E-state index in [0.29, 0.717) is 18.1 Å². The minimum Gasteiger partial charge on any atom is -0.493 e. The third-order valence-corrected chi connectivity index (χ3v) is 4.38. The predicted octanol–water partition coefficient (Wildman–Crippen LogP) is 1.70. The number of ether oxygens (including phenoxy) is 2. The van der Waals surface area contributed by atoms with E-state index < -0.39 is 4.87 Å². The molecular weight excluding hydrogens is 250 g/mol. The summed E-state index contributed by atoms with van der Waals surface area (Å²) in [7, 11) is 1.60. The first-order chi connectivity index (χ1) is 8.68. The minimum absolute atomic E-state index is 0.0971. The maximum absolute atomic E-state index is 11.7. The highest BCUT2D eigenvalue weighted by molar-refractivity contribution is 8.01. The highest BCUT2D eigenvalue weighted by Crippen LogP contribution is 2.32. The summed E-state index contributed by atoms with van der Waals surface area (Å²) in [5.74, 6) is 2.36. The van der Waals surface area contributed by atoms with Gasteiger partial charge in [-0.25, -0.2) is 0 Å². The van der Waals surface area contributed by atoms with Crippen LogP contribution in [-0.2, 0) is 4.79 Å². The van der Waals surface area contributed by atoms with Gasteiger partial charge < -0.3 is 9.47 Å². The normalized spacial score (nSPS) is 22.8. The number of hydrogen-bond donors (Lipinski definition) is 1. The quantitative estimate of drug-likeness (QED) is 0.880. The molecule has 5 heteroatoms. The van der Waals surface area contributed by atoms with E-state index in [2.05, 4.69) is 5.32 Å². The number of hydrogen-bond acceptors (Lipinski definition) is 5. The smallest absolute Gasteiger partial charge is 0.163 e. The van der Waals surface area contributed by atoms with Crippen molar-refractivity contribution in [3.8, 4) is 11.5 Å². The van der Waals surface area contributed by atoms with Gasteiger partial charge in [-0.15, -0.1) is 11.8 Å². The molecule has 0 aromatic heterocycles. The molecule has 0 aliphatic carbocycles. The molecule has 1 aromatic carbocycles. The van der Waals surface area contributed by atoms with Crippen LogP contribution in [0.1, 0.15) is 6.92 Å². The third-order valence-electron chi connectivity index (χ3n) is 2.93. The molecule has 0 bridgehead atoms. The molecule has 1 unspecified atom stereocenters. The van der Waals surface area contributed by atoms with Crippen LogP contribution in [0, 0.1) is 0 Å². The van der Waals surface area contributed by atoms with Crippen LogP contribution < -0.4 is 14.8 Å². The Morgan fingerprint density at radius 3 is 2.72 bits per heavy atom. The van der Waals surface area contributed by atoms with E-state index in [1.54, 1.807) is 25.8 Å². The number of carbonyl (C=O) groups is 1. The van der Waals surface area contributed by atoms with Gasteiger partial charge in [0, 0.05) is 12.3 Å². The van der Waals surface area contributed by atoms with Crippen molar-refractivity contribution in [2.75, 3.05) is 26.0 Å². The molecule has 0 radical (unpaired) electrons. The first kappa shape index (κ1) is 13.2.